The second-order valence-electron chi connectivity index (χ2n) is 5.47. The number of hydrogen-bond donors (Lipinski definition) is 1. The van der Waals surface area contributed by atoms with E-state index in [0.717, 1.165) is 0 Å². The first-order valence-electron chi connectivity index (χ1n) is 6.54. The van der Waals surface area contributed by atoms with E-state index in [9.17, 15) is 9.59 Å². The van der Waals surface area contributed by atoms with Crippen molar-refractivity contribution in [3.63, 3.8) is 0 Å². The maximum Gasteiger partial charge on any atom is 0.415 e. The smallest absolute Gasteiger partial charge is 0.415 e. The monoisotopic (exact) mass is 295 g/mol. The van der Waals surface area contributed by atoms with Gasteiger partial charge in [0.1, 0.15) is 12.1 Å². The van der Waals surface area contributed by atoms with Crippen LogP contribution in [0.4, 0.5) is 10.5 Å². The summed E-state index contributed by atoms with van der Waals surface area (Å²) in [5, 5.41) is 9.03. The zero-order valence-electron chi connectivity index (χ0n) is 12.8. The van der Waals surface area contributed by atoms with Crippen LogP contribution in [0, 0.1) is 0 Å². The Kier molecular flexibility index (Phi) is 5.72. The van der Waals surface area contributed by atoms with Crippen molar-refractivity contribution in [2.45, 2.75) is 33.0 Å². The van der Waals surface area contributed by atoms with E-state index in [4.69, 9.17) is 9.84 Å². The summed E-state index contributed by atoms with van der Waals surface area (Å²) < 4.78 is 9.89. The number of rotatable bonds is 4. The van der Waals surface area contributed by atoms with E-state index >= 15 is 0 Å². The van der Waals surface area contributed by atoms with E-state index < -0.39 is 17.7 Å². The van der Waals surface area contributed by atoms with E-state index in [2.05, 4.69) is 4.74 Å². The summed E-state index contributed by atoms with van der Waals surface area (Å²) in [6.07, 6.45) is -0.635. The summed E-state index contributed by atoms with van der Waals surface area (Å²) in [6, 6.07) is 6.62. The number of carbonyl (C=O) groups excluding carboxylic acids is 2. The third-order valence-electron chi connectivity index (χ3n) is 2.56. The number of benzene rings is 1. The number of ether oxygens (including phenoxy) is 2. The summed E-state index contributed by atoms with van der Waals surface area (Å²) in [7, 11) is 1.25. The van der Waals surface area contributed by atoms with Gasteiger partial charge in [-0.1, -0.05) is 12.1 Å². The number of nitrogens with zero attached hydrogens (tertiary/aromatic N) is 1. The van der Waals surface area contributed by atoms with Crippen LogP contribution < -0.4 is 4.90 Å². The van der Waals surface area contributed by atoms with Gasteiger partial charge in [0, 0.05) is 5.69 Å². The second-order valence-corrected chi connectivity index (χ2v) is 5.47. The lowest BCUT2D eigenvalue weighted by Crippen LogP contribution is -2.40. The molecule has 0 saturated carbocycles. The van der Waals surface area contributed by atoms with Crippen molar-refractivity contribution < 1.29 is 24.2 Å². The molecule has 6 heteroatoms. The van der Waals surface area contributed by atoms with E-state index in [0.29, 0.717) is 11.3 Å². The molecule has 0 aliphatic heterocycles. The predicted molar refractivity (Wildman–Crippen MR) is 78.0 cm³/mol. The van der Waals surface area contributed by atoms with Crippen LogP contribution in [0.15, 0.2) is 24.3 Å². The lowest BCUT2D eigenvalue weighted by molar-refractivity contribution is -0.139. The van der Waals surface area contributed by atoms with Gasteiger partial charge < -0.3 is 14.6 Å². The fourth-order valence-corrected chi connectivity index (χ4v) is 1.55. The molecule has 0 bridgehead atoms. The molecule has 0 aliphatic rings. The van der Waals surface area contributed by atoms with Crippen molar-refractivity contribution in [1.82, 2.24) is 0 Å². The maximum atomic E-state index is 12.2. The molecule has 0 aliphatic carbocycles. The number of hydrogen-bond acceptors (Lipinski definition) is 5. The van der Waals surface area contributed by atoms with E-state index in [-0.39, 0.29) is 13.2 Å². The highest BCUT2D eigenvalue weighted by Gasteiger charge is 2.25. The fraction of sp³-hybridized carbons (Fsp3) is 0.467. The molecule has 6 nitrogen and oxygen atoms in total. The average Bonchev–Trinajstić information content (AvgIpc) is 2.42. The number of carbonyl (C=O) groups is 2. The highest BCUT2D eigenvalue weighted by atomic mass is 16.6. The average molecular weight is 295 g/mol. The first-order chi connectivity index (χ1) is 9.76. The summed E-state index contributed by atoms with van der Waals surface area (Å²) in [4.78, 5) is 24.9. The zero-order valence-corrected chi connectivity index (χ0v) is 12.8. The van der Waals surface area contributed by atoms with Crippen molar-refractivity contribution in [3.8, 4) is 0 Å². The van der Waals surface area contributed by atoms with Crippen molar-refractivity contribution >= 4 is 17.7 Å². The molecule has 0 aromatic heterocycles. The van der Waals surface area contributed by atoms with Gasteiger partial charge in [-0.05, 0) is 38.5 Å². The third-order valence-corrected chi connectivity index (χ3v) is 2.56. The number of methoxy groups -OCH3 is 1. The summed E-state index contributed by atoms with van der Waals surface area (Å²) >= 11 is 0. The van der Waals surface area contributed by atoms with Crippen molar-refractivity contribution in [1.29, 1.82) is 0 Å². The topological polar surface area (TPSA) is 76.1 Å². The number of esters is 1. The molecular formula is C15H21NO5. The number of amides is 1. The molecule has 1 amide bonds. The lowest BCUT2D eigenvalue weighted by atomic mass is 10.2. The summed E-state index contributed by atoms with van der Waals surface area (Å²) in [6.45, 7) is 4.90. The van der Waals surface area contributed by atoms with Crippen LogP contribution in [-0.2, 0) is 20.9 Å². The third kappa shape index (κ3) is 5.43. The van der Waals surface area contributed by atoms with Crippen LogP contribution in [0.1, 0.15) is 26.3 Å². The zero-order chi connectivity index (χ0) is 16.0. The molecular weight excluding hydrogens is 274 g/mol. The minimum Gasteiger partial charge on any atom is -0.468 e. The highest BCUT2D eigenvalue weighted by Crippen LogP contribution is 2.19. The van der Waals surface area contributed by atoms with Crippen LogP contribution in [0.5, 0.6) is 0 Å². The van der Waals surface area contributed by atoms with Crippen LogP contribution in [0.3, 0.4) is 0 Å². The summed E-state index contributed by atoms with van der Waals surface area (Å²) in [5.74, 6) is -0.549. The first-order valence-corrected chi connectivity index (χ1v) is 6.54. The van der Waals surface area contributed by atoms with E-state index in [1.54, 1.807) is 45.0 Å². The molecule has 116 valence electrons. The fourth-order valence-electron chi connectivity index (χ4n) is 1.55. The molecule has 1 aromatic rings. The highest BCUT2D eigenvalue weighted by molar-refractivity contribution is 5.93. The molecule has 0 heterocycles. The predicted octanol–water partition coefficient (Wildman–Crippen LogP) is 2.09. The minimum atomic E-state index is -0.670. The lowest BCUT2D eigenvalue weighted by Gasteiger charge is -2.26. The molecule has 0 fully saturated rings. The van der Waals surface area contributed by atoms with Gasteiger partial charge >= 0.3 is 12.1 Å². The van der Waals surface area contributed by atoms with Crippen molar-refractivity contribution in [3.05, 3.63) is 29.8 Å². The SMILES string of the molecule is COC(=O)CN(C(=O)OC(C)(C)C)c1ccc(CO)cc1. The number of aliphatic hydroxyl groups is 1. The number of aliphatic hydroxyl groups excluding tert-OH is 1. The maximum absolute atomic E-state index is 12.2. The molecule has 0 atom stereocenters. The van der Waals surface area contributed by atoms with E-state index in [1.165, 1.54) is 12.0 Å². The molecule has 0 radical (unpaired) electrons. The normalized spacial score (nSPS) is 10.9. The van der Waals surface area contributed by atoms with Gasteiger partial charge in [-0.25, -0.2) is 4.79 Å². The van der Waals surface area contributed by atoms with Gasteiger partial charge in [-0.3, -0.25) is 9.69 Å². The van der Waals surface area contributed by atoms with Gasteiger partial charge in [0.15, 0.2) is 0 Å². The molecule has 1 rings (SSSR count). The molecule has 1 N–H and O–H groups in total. The van der Waals surface area contributed by atoms with Gasteiger partial charge in [0.2, 0.25) is 0 Å². The van der Waals surface area contributed by atoms with Gasteiger partial charge in [-0.15, -0.1) is 0 Å². The second kappa shape index (κ2) is 7.08. The Hall–Kier alpha value is -2.08. The van der Waals surface area contributed by atoms with Gasteiger partial charge in [-0.2, -0.15) is 0 Å². The Morgan fingerprint density at radius 2 is 1.76 bits per heavy atom. The molecule has 21 heavy (non-hydrogen) atoms. The number of anilines is 1. The minimum absolute atomic E-state index is 0.0935. The Morgan fingerprint density at radius 1 is 1.19 bits per heavy atom. The standard InChI is InChI=1S/C15H21NO5/c1-15(2,3)21-14(19)16(9-13(18)20-4)12-7-5-11(10-17)6-8-12/h5-8,17H,9-10H2,1-4H3. The van der Waals surface area contributed by atoms with Crippen LogP contribution in [0.2, 0.25) is 0 Å². The Balaban J connectivity index is 3.00. The first kappa shape index (κ1) is 17.0. The Bertz CT molecular complexity index is 490. The Morgan fingerprint density at radius 3 is 2.19 bits per heavy atom. The van der Waals surface area contributed by atoms with Gasteiger partial charge in [0.05, 0.1) is 13.7 Å². The van der Waals surface area contributed by atoms with Gasteiger partial charge in [0.25, 0.3) is 0 Å². The molecule has 0 spiro atoms. The van der Waals surface area contributed by atoms with Crippen molar-refractivity contribution in [2.24, 2.45) is 0 Å². The largest absolute Gasteiger partial charge is 0.468 e. The quantitative estimate of drug-likeness (QED) is 0.861. The Labute approximate surface area is 124 Å². The summed E-state index contributed by atoms with van der Waals surface area (Å²) in [5.41, 5.74) is 0.532. The van der Waals surface area contributed by atoms with Crippen molar-refractivity contribution in [2.75, 3.05) is 18.6 Å². The van der Waals surface area contributed by atoms with Crippen LogP contribution >= 0.6 is 0 Å². The molecule has 0 unspecified atom stereocenters. The van der Waals surface area contributed by atoms with E-state index in [1.807, 2.05) is 0 Å². The van der Waals surface area contributed by atoms with Crippen LogP contribution in [0.25, 0.3) is 0 Å². The molecule has 1 aromatic carbocycles. The molecule has 0 saturated heterocycles. The van der Waals surface area contributed by atoms with Crippen LogP contribution in [-0.4, -0.2) is 36.4 Å².